The summed E-state index contributed by atoms with van der Waals surface area (Å²) in [5.41, 5.74) is 23.8. The molecule has 0 radical (unpaired) electrons. The molecule has 0 saturated carbocycles. The van der Waals surface area contributed by atoms with Gasteiger partial charge >= 0.3 is 0 Å². The minimum absolute atomic E-state index is 0.0552. The molecule has 0 N–H and O–H groups in total. The molecular formula is C66H58. The maximum absolute atomic E-state index is 2.49. The lowest BCUT2D eigenvalue weighted by molar-refractivity contribution is 0.590. The van der Waals surface area contributed by atoms with Gasteiger partial charge in [0.25, 0.3) is 0 Å². The van der Waals surface area contributed by atoms with E-state index >= 15 is 0 Å². The standard InChI is InChI=1S/C66H58/c1-63(2,3)43-25-19-39(20-26-43)51-37-53(41-23-33-59-55(35-41)45-15-11-13-17-57(45)65(59,7)8)49-32-30-48-52(40-21-27-44(28-22-40)64(4,5)6)38-54(50-31-29-47(51)61(49)62(48)50)42-24-34-60-56(36-42)46-16-12-14-18-58(46)66(60,9)10/h11-38H,1-10H3. The molecule has 0 bridgehead atoms. The van der Waals surface area contributed by atoms with Gasteiger partial charge in [0, 0.05) is 10.8 Å². The maximum Gasteiger partial charge on any atom is 0.0158 e. The van der Waals surface area contributed by atoms with Crippen LogP contribution in [0.15, 0.2) is 170 Å². The fourth-order valence-electron chi connectivity index (χ4n) is 12.0. The zero-order valence-corrected chi connectivity index (χ0v) is 40.2. The second-order valence-corrected chi connectivity index (χ2v) is 22.5. The van der Waals surface area contributed by atoms with Gasteiger partial charge in [0.15, 0.2) is 0 Å². The van der Waals surface area contributed by atoms with E-state index in [0.29, 0.717) is 0 Å². The van der Waals surface area contributed by atoms with Crippen molar-refractivity contribution in [1.82, 2.24) is 0 Å². The molecule has 0 fully saturated rings. The van der Waals surface area contributed by atoms with Crippen LogP contribution in [0, 0.1) is 0 Å². The molecule has 2 aliphatic carbocycles. The predicted octanol–water partition coefficient (Wildman–Crippen LogP) is 18.5. The molecule has 66 heavy (non-hydrogen) atoms. The van der Waals surface area contributed by atoms with Gasteiger partial charge in [0.1, 0.15) is 0 Å². The monoisotopic (exact) mass is 850 g/mol. The smallest absolute Gasteiger partial charge is 0.0158 e. The SMILES string of the molecule is CC(C)(C)c1ccc(-c2cc(-c3ccc4c(c3)-c3ccccc3C4(C)C)c3ccc4c(-c5ccc(C(C)(C)C)cc5)cc(-c5ccc6c(c5)-c5ccccc5C6(C)C)c5ccc2c3c45)cc1. The summed E-state index contributed by atoms with van der Waals surface area (Å²) < 4.78 is 0. The molecule has 0 aromatic heterocycles. The summed E-state index contributed by atoms with van der Waals surface area (Å²) in [4.78, 5) is 0. The van der Waals surface area contributed by atoms with Crippen molar-refractivity contribution in [2.45, 2.75) is 90.9 Å². The van der Waals surface area contributed by atoms with E-state index in [1.54, 1.807) is 0 Å². The first kappa shape index (κ1) is 40.7. The van der Waals surface area contributed by atoms with Crippen molar-refractivity contribution < 1.29 is 0 Å². The van der Waals surface area contributed by atoms with Gasteiger partial charge < -0.3 is 0 Å². The van der Waals surface area contributed by atoms with Crippen molar-refractivity contribution >= 4 is 32.3 Å². The number of benzene rings is 10. The van der Waals surface area contributed by atoms with Crippen LogP contribution in [0.5, 0.6) is 0 Å². The van der Waals surface area contributed by atoms with E-state index in [9.17, 15) is 0 Å². The second kappa shape index (κ2) is 13.9. The van der Waals surface area contributed by atoms with Gasteiger partial charge in [-0.25, -0.2) is 0 Å². The molecule has 322 valence electrons. The van der Waals surface area contributed by atoms with E-state index in [0.717, 1.165) is 0 Å². The molecule has 0 heterocycles. The summed E-state index contributed by atoms with van der Waals surface area (Å²) in [6.45, 7) is 23.3. The highest BCUT2D eigenvalue weighted by atomic mass is 14.4. The molecule has 2 aliphatic rings. The lowest BCUT2D eigenvalue weighted by atomic mass is 9.79. The average molecular weight is 851 g/mol. The number of fused-ring (bicyclic) bond motifs is 6. The zero-order chi connectivity index (χ0) is 45.7. The van der Waals surface area contributed by atoms with Crippen LogP contribution in [0.1, 0.15) is 103 Å². The highest BCUT2D eigenvalue weighted by Gasteiger charge is 2.37. The van der Waals surface area contributed by atoms with Crippen molar-refractivity contribution in [3.05, 3.63) is 203 Å². The van der Waals surface area contributed by atoms with Crippen molar-refractivity contribution in [2.24, 2.45) is 0 Å². The highest BCUT2D eigenvalue weighted by Crippen LogP contribution is 2.54. The van der Waals surface area contributed by atoms with E-state index in [1.807, 2.05) is 0 Å². The topological polar surface area (TPSA) is 0 Å². The lowest BCUT2D eigenvalue weighted by Gasteiger charge is -2.24. The fourth-order valence-corrected chi connectivity index (χ4v) is 12.0. The van der Waals surface area contributed by atoms with Crippen LogP contribution in [-0.2, 0) is 21.7 Å². The Bertz CT molecular complexity index is 3370. The van der Waals surface area contributed by atoms with Crippen LogP contribution < -0.4 is 0 Å². The minimum atomic E-state index is -0.0552. The van der Waals surface area contributed by atoms with E-state index in [2.05, 4.69) is 239 Å². The van der Waals surface area contributed by atoms with Gasteiger partial charge in [-0.15, -0.1) is 0 Å². The Hall–Kier alpha value is -6.76. The van der Waals surface area contributed by atoms with Gasteiger partial charge in [0.2, 0.25) is 0 Å². The molecular weight excluding hydrogens is 793 g/mol. The lowest BCUT2D eigenvalue weighted by Crippen LogP contribution is -2.14. The van der Waals surface area contributed by atoms with Crippen molar-refractivity contribution in [1.29, 1.82) is 0 Å². The zero-order valence-electron chi connectivity index (χ0n) is 40.2. The number of hydrogen-bond donors (Lipinski definition) is 0. The summed E-state index contributed by atoms with van der Waals surface area (Å²) in [5.74, 6) is 0. The van der Waals surface area contributed by atoms with E-state index in [1.165, 1.54) is 132 Å². The van der Waals surface area contributed by atoms with Gasteiger partial charge in [-0.3, -0.25) is 0 Å². The Morgan fingerprint density at radius 2 is 0.576 bits per heavy atom. The quantitative estimate of drug-likeness (QED) is 0.155. The molecule has 0 aliphatic heterocycles. The van der Waals surface area contributed by atoms with Crippen LogP contribution in [-0.4, -0.2) is 0 Å². The van der Waals surface area contributed by atoms with Crippen molar-refractivity contribution in [3.63, 3.8) is 0 Å². The molecule has 0 saturated heterocycles. The third-order valence-corrected chi connectivity index (χ3v) is 15.8. The Labute approximate surface area is 391 Å². The van der Waals surface area contributed by atoms with Crippen LogP contribution in [0.3, 0.4) is 0 Å². The molecule has 0 heteroatoms. The van der Waals surface area contributed by atoms with Gasteiger partial charge in [-0.1, -0.05) is 215 Å². The van der Waals surface area contributed by atoms with Crippen molar-refractivity contribution in [3.8, 4) is 66.8 Å². The largest absolute Gasteiger partial charge is 0.0619 e. The molecule has 10 aromatic carbocycles. The first-order valence-electron chi connectivity index (χ1n) is 24.0. The van der Waals surface area contributed by atoms with E-state index in [-0.39, 0.29) is 21.7 Å². The first-order valence-corrected chi connectivity index (χ1v) is 24.0. The fraction of sp³-hybridized carbons (Fsp3) is 0.212. The Balaban J connectivity index is 1.18. The van der Waals surface area contributed by atoms with Crippen LogP contribution in [0.2, 0.25) is 0 Å². The summed E-state index contributed by atoms with van der Waals surface area (Å²) in [6.07, 6.45) is 0. The Morgan fingerprint density at radius 3 is 0.924 bits per heavy atom. The summed E-state index contributed by atoms with van der Waals surface area (Å²) >= 11 is 0. The molecule has 10 aromatic rings. The number of rotatable bonds is 4. The third kappa shape index (κ3) is 5.90. The predicted molar refractivity (Wildman–Crippen MR) is 284 cm³/mol. The molecule has 0 amide bonds. The number of hydrogen-bond acceptors (Lipinski definition) is 0. The third-order valence-electron chi connectivity index (χ3n) is 15.8. The van der Waals surface area contributed by atoms with Crippen LogP contribution >= 0.6 is 0 Å². The first-order chi connectivity index (χ1) is 31.5. The Morgan fingerprint density at radius 1 is 0.273 bits per heavy atom. The summed E-state index contributed by atoms with van der Waals surface area (Å²) in [7, 11) is 0. The average Bonchev–Trinajstić information content (AvgIpc) is 3.68. The van der Waals surface area contributed by atoms with Crippen LogP contribution in [0.25, 0.3) is 99.1 Å². The van der Waals surface area contributed by atoms with Crippen molar-refractivity contribution in [2.75, 3.05) is 0 Å². The molecule has 0 unspecified atom stereocenters. The van der Waals surface area contributed by atoms with E-state index < -0.39 is 0 Å². The van der Waals surface area contributed by atoms with Gasteiger partial charge in [-0.2, -0.15) is 0 Å². The van der Waals surface area contributed by atoms with Gasteiger partial charge in [-0.05, 0) is 168 Å². The molecule has 0 atom stereocenters. The second-order valence-electron chi connectivity index (χ2n) is 22.5. The summed E-state index contributed by atoms with van der Waals surface area (Å²) in [5, 5.41) is 7.83. The van der Waals surface area contributed by atoms with E-state index in [4.69, 9.17) is 0 Å². The maximum atomic E-state index is 2.49. The molecule has 0 nitrogen and oxygen atoms in total. The van der Waals surface area contributed by atoms with Gasteiger partial charge in [0.05, 0.1) is 0 Å². The molecule has 12 rings (SSSR count). The van der Waals surface area contributed by atoms with Crippen LogP contribution in [0.4, 0.5) is 0 Å². The molecule has 0 spiro atoms. The summed E-state index contributed by atoms with van der Waals surface area (Å²) in [6, 6.07) is 66.1. The Kier molecular flexibility index (Phi) is 8.57. The normalized spacial score (nSPS) is 14.8. The minimum Gasteiger partial charge on any atom is -0.0619 e. The highest BCUT2D eigenvalue weighted by molar-refractivity contribution is 6.32.